The maximum absolute atomic E-state index is 5.54. The molecule has 0 saturated carbocycles. The Kier molecular flexibility index (Phi) is 13.8. The van der Waals surface area contributed by atoms with Crippen molar-refractivity contribution < 1.29 is 33.6 Å². The zero-order valence-corrected chi connectivity index (χ0v) is 9.08. The van der Waals surface area contributed by atoms with E-state index in [9.17, 15) is 0 Å². The van der Waals surface area contributed by atoms with E-state index in [0.717, 1.165) is 5.69 Å². The van der Waals surface area contributed by atoms with E-state index in [1.165, 1.54) is 0 Å². The fourth-order valence-corrected chi connectivity index (χ4v) is 0.601. The molecule has 1 aromatic heterocycles. The van der Waals surface area contributed by atoms with Gasteiger partial charge in [0.05, 0.1) is 0 Å². The van der Waals surface area contributed by atoms with Crippen LogP contribution in [0.25, 0.3) is 0 Å². The van der Waals surface area contributed by atoms with Crippen LogP contribution < -0.4 is 5.73 Å². The van der Waals surface area contributed by atoms with Crippen LogP contribution in [0, 0.1) is 13.5 Å². The van der Waals surface area contributed by atoms with Crippen molar-refractivity contribution in [3.8, 4) is 0 Å². The second kappa shape index (κ2) is 9.21. The molecule has 74 valence electrons. The van der Waals surface area contributed by atoms with E-state index in [4.69, 9.17) is 5.73 Å². The van der Waals surface area contributed by atoms with Gasteiger partial charge in [-0.1, -0.05) is 6.20 Å². The second-order valence-corrected chi connectivity index (χ2v) is 1.97. The summed E-state index contributed by atoms with van der Waals surface area (Å²) in [5.74, 6) is 0. The van der Waals surface area contributed by atoms with E-state index in [1.54, 1.807) is 6.20 Å². The maximum Gasteiger partial charge on any atom is 0.0268 e. The smallest absolute Gasteiger partial charge is 0.0268 e. The molecule has 12 heavy (non-hydrogen) atoms. The van der Waals surface area contributed by atoms with Crippen molar-refractivity contribution in [2.75, 3.05) is 0 Å². The molecule has 0 unspecified atom stereocenters. The number of hydrogen-bond acceptors (Lipinski definition) is 2. The summed E-state index contributed by atoms with van der Waals surface area (Å²) < 4.78 is 0. The summed E-state index contributed by atoms with van der Waals surface area (Å²) in [5, 5.41) is 0. The van der Waals surface area contributed by atoms with Gasteiger partial charge in [-0.25, -0.2) is 12.1 Å². The Labute approximate surface area is 94.7 Å². The van der Waals surface area contributed by atoms with Crippen molar-refractivity contribution >= 4 is 0 Å². The number of nitrogens with zero attached hydrogens (tertiary/aromatic N) is 1. The molecule has 0 aliphatic rings. The SMILES string of the molecule is C[C@H](N)c1cc[c-]cn1.[CH3-].[Co].[Co]. The van der Waals surface area contributed by atoms with Gasteiger partial charge in [-0.05, 0) is 12.6 Å². The second-order valence-electron chi connectivity index (χ2n) is 1.97. The fraction of sp³-hybridized carbons (Fsp3) is 0.250. The Bertz CT molecular complexity index is 178. The molecule has 1 rings (SSSR count). The van der Waals surface area contributed by atoms with Crippen LogP contribution in [-0.4, -0.2) is 4.98 Å². The van der Waals surface area contributed by atoms with Gasteiger partial charge in [-0.2, -0.15) is 6.07 Å². The minimum absolute atomic E-state index is 0. The summed E-state index contributed by atoms with van der Waals surface area (Å²) >= 11 is 0. The standard InChI is InChI=1S/C7H9N2.CH3.2Co/c1-6(8)7-4-2-3-5-9-7;;;/h2,4-6H,8H2,1H3;1H3;;/q2*-1;;/t6-;;;/m0.../s1. The van der Waals surface area contributed by atoms with Crippen molar-refractivity contribution in [2.45, 2.75) is 13.0 Å². The normalized spacial score (nSPS) is 9.83. The largest absolute Gasteiger partial charge is 0.358 e. The molecule has 0 saturated heterocycles. The van der Waals surface area contributed by atoms with E-state index in [-0.39, 0.29) is 47.0 Å². The van der Waals surface area contributed by atoms with Gasteiger partial charge in [0, 0.05) is 39.6 Å². The van der Waals surface area contributed by atoms with Crippen molar-refractivity contribution in [3.63, 3.8) is 0 Å². The van der Waals surface area contributed by atoms with Gasteiger partial charge in [-0.3, -0.25) is 4.98 Å². The first-order valence-electron chi connectivity index (χ1n) is 2.88. The summed E-state index contributed by atoms with van der Waals surface area (Å²) in [6.45, 7) is 1.91. The molecule has 4 heteroatoms. The average molecular weight is 254 g/mol. The summed E-state index contributed by atoms with van der Waals surface area (Å²) in [7, 11) is 0. The number of pyridine rings is 1. The first-order chi connectivity index (χ1) is 4.30. The molecule has 1 heterocycles. The molecule has 1 aromatic rings. The van der Waals surface area contributed by atoms with Crippen molar-refractivity contribution in [1.82, 2.24) is 4.98 Å². The van der Waals surface area contributed by atoms with Gasteiger partial charge in [0.2, 0.25) is 0 Å². The zero-order chi connectivity index (χ0) is 6.69. The van der Waals surface area contributed by atoms with Gasteiger partial charge in [0.15, 0.2) is 0 Å². The Balaban J connectivity index is -0.000000270. The van der Waals surface area contributed by atoms with Crippen LogP contribution >= 0.6 is 0 Å². The van der Waals surface area contributed by atoms with Gasteiger partial charge in [-0.15, -0.1) is 0 Å². The number of hydrogen-bond donors (Lipinski definition) is 1. The molecule has 0 aliphatic heterocycles. The van der Waals surface area contributed by atoms with Gasteiger partial charge in [0.25, 0.3) is 0 Å². The van der Waals surface area contributed by atoms with Crippen LogP contribution in [0.1, 0.15) is 18.7 Å². The van der Waals surface area contributed by atoms with Crippen LogP contribution in [0.2, 0.25) is 0 Å². The molecule has 0 amide bonds. The minimum Gasteiger partial charge on any atom is -0.358 e. The maximum atomic E-state index is 5.54. The van der Waals surface area contributed by atoms with Crippen LogP contribution in [0.5, 0.6) is 0 Å². The molecule has 0 aromatic carbocycles. The Hall–Kier alpha value is 0.123. The summed E-state index contributed by atoms with van der Waals surface area (Å²) in [4.78, 5) is 4.00. The number of rotatable bonds is 1. The molecule has 2 nitrogen and oxygen atoms in total. The molecule has 0 spiro atoms. The fourth-order valence-electron chi connectivity index (χ4n) is 0.601. The first kappa shape index (κ1) is 18.0. The van der Waals surface area contributed by atoms with Crippen molar-refractivity contribution in [1.29, 1.82) is 0 Å². The molecule has 1 atom stereocenters. The predicted octanol–water partition coefficient (Wildman–Crippen LogP) is 1.35. The van der Waals surface area contributed by atoms with Gasteiger partial charge in [0.1, 0.15) is 0 Å². The molecule has 0 aliphatic carbocycles. The van der Waals surface area contributed by atoms with E-state index in [2.05, 4.69) is 11.1 Å². The van der Waals surface area contributed by atoms with Crippen molar-refractivity contribution in [2.24, 2.45) is 5.73 Å². The summed E-state index contributed by atoms with van der Waals surface area (Å²) in [6, 6.07) is 6.53. The molecule has 2 N–H and O–H groups in total. The molecular formula is C8H12Co2N2-2. The van der Waals surface area contributed by atoms with Crippen LogP contribution in [-0.2, 0) is 33.6 Å². The number of aromatic nitrogens is 1. The summed E-state index contributed by atoms with van der Waals surface area (Å²) in [5.41, 5.74) is 6.45. The molecule has 0 bridgehead atoms. The van der Waals surface area contributed by atoms with Gasteiger partial charge >= 0.3 is 0 Å². The van der Waals surface area contributed by atoms with E-state index >= 15 is 0 Å². The van der Waals surface area contributed by atoms with Crippen LogP contribution in [0.4, 0.5) is 0 Å². The van der Waals surface area contributed by atoms with E-state index in [0.29, 0.717) is 0 Å². The first-order valence-corrected chi connectivity index (χ1v) is 2.88. The minimum atomic E-state index is 0. The average Bonchev–Trinajstić information content (AvgIpc) is 1.90. The monoisotopic (exact) mass is 254 g/mol. The van der Waals surface area contributed by atoms with Crippen LogP contribution in [0.3, 0.4) is 0 Å². The van der Waals surface area contributed by atoms with E-state index in [1.807, 2.05) is 19.1 Å². The molecular weight excluding hydrogens is 242 g/mol. The Morgan fingerprint density at radius 3 is 2.33 bits per heavy atom. The van der Waals surface area contributed by atoms with Crippen LogP contribution in [0.15, 0.2) is 18.3 Å². The molecule has 2 radical (unpaired) electrons. The topological polar surface area (TPSA) is 38.9 Å². The van der Waals surface area contributed by atoms with Gasteiger partial charge < -0.3 is 13.2 Å². The molecule has 0 fully saturated rings. The predicted molar refractivity (Wildman–Crippen MR) is 42.1 cm³/mol. The third kappa shape index (κ3) is 5.73. The Morgan fingerprint density at radius 2 is 2.08 bits per heavy atom. The van der Waals surface area contributed by atoms with Crippen molar-refractivity contribution in [3.05, 3.63) is 37.5 Å². The van der Waals surface area contributed by atoms with E-state index < -0.39 is 0 Å². The Morgan fingerprint density at radius 1 is 1.50 bits per heavy atom. The number of nitrogens with two attached hydrogens (primary N) is 1. The third-order valence-electron chi connectivity index (χ3n) is 1.11. The zero-order valence-electron chi connectivity index (χ0n) is 7.00. The quantitative estimate of drug-likeness (QED) is 0.768. The third-order valence-corrected chi connectivity index (χ3v) is 1.11. The summed E-state index contributed by atoms with van der Waals surface area (Å²) in [6.07, 6.45) is 1.62.